The lowest BCUT2D eigenvalue weighted by atomic mass is 10.3. The van der Waals surface area contributed by atoms with Gasteiger partial charge in [0.15, 0.2) is 0 Å². The van der Waals surface area contributed by atoms with Gasteiger partial charge in [-0.15, -0.1) is 0 Å². The fourth-order valence-electron chi connectivity index (χ4n) is 0.856. The first kappa shape index (κ1) is 11.3. The lowest BCUT2D eigenvalue weighted by Crippen LogP contribution is -2.12. The van der Waals surface area contributed by atoms with Gasteiger partial charge in [-0.05, 0) is 19.2 Å². The second-order valence-corrected chi connectivity index (χ2v) is 3.86. The van der Waals surface area contributed by atoms with Gasteiger partial charge in [0.25, 0.3) is 0 Å². The second kappa shape index (κ2) is 4.16. The van der Waals surface area contributed by atoms with E-state index in [0.717, 1.165) is 6.20 Å². The van der Waals surface area contributed by atoms with Crippen molar-refractivity contribution in [2.75, 3.05) is 6.26 Å². The summed E-state index contributed by atoms with van der Waals surface area (Å²) in [6, 6.07) is 1.50. The number of hydrogen-bond donors (Lipinski definition) is 0. The van der Waals surface area contributed by atoms with Crippen LogP contribution in [0.15, 0.2) is 12.3 Å². The minimum Gasteiger partial charge on any atom is -0.233 e. The summed E-state index contributed by atoms with van der Waals surface area (Å²) in [4.78, 5) is 6.64. The number of thioether (sulfide) groups is 1. The van der Waals surface area contributed by atoms with Crippen molar-refractivity contribution in [3.63, 3.8) is 0 Å². The minimum absolute atomic E-state index is 0.0564. The Kier molecular flexibility index (Phi) is 3.36. The maximum Gasteiger partial charge on any atom is 0.451 e. The average Bonchev–Trinajstić information content (AvgIpc) is 2.15. The van der Waals surface area contributed by atoms with Crippen LogP contribution in [0.1, 0.15) is 23.7 Å². The van der Waals surface area contributed by atoms with Gasteiger partial charge in [0, 0.05) is 11.4 Å². The molecule has 0 fully saturated rings. The molecule has 0 amide bonds. The third kappa shape index (κ3) is 2.60. The number of hydrogen-bond acceptors (Lipinski definition) is 3. The molecule has 1 aromatic rings. The number of alkyl halides is 3. The Labute approximate surface area is 84.0 Å². The molecule has 0 saturated carbocycles. The van der Waals surface area contributed by atoms with Crippen LogP contribution >= 0.6 is 11.8 Å². The third-order valence-corrected chi connectivity index (χ3v) is 2.65. The molecule has 0 saturated heterocycles. The topological polar surface area (TPSA) is 25.8 Å². The number of nitrogens with zero attached hydrogens (tertiary/aromatic N) is 2. The van der Waals surface area contributed by atoms with Crippen LogP contribution in [-0.2, 0) is 6.18 Å². The average molecular weight is 222 g/mol. The summed E-state index contributed by atoms with van der Waals surface area (Å²) in [6.07, 6.45) is -1.51. The zero-order valence-corrected chi connectivity index (χ0v) is 8.49. The van der Waals surface area contributed by atoms with E-state index in [4.69, 9.17) is 0 Å². The Morgan fingerprint density at radius 2 is 2.07 bits per heavy atom. The van der Waals surface area contributed by atoms with E-state index in [0.29, 0.717) is 5.69 Å². The summed E-state index contributed by atoms with van der Waals surface area (Å²) in [5.74, 6) is -1.07. The quantitative estimate of drug-likeness (QED) is 0.769. The Morgan fingerprint density at radius 3 is 2.57 bits per heavy atom. The Bertz CT molecular complexity index is 314. The Balaban J connectivity index is 3.01. The smallest absolute Gasteiger partial charge is 0.233 e. The predicted molar refractivity (Wildman–Crippen MR) is 49.0 cm³/mol. The van der Waals surface area contributed by atoms with Crippen molar-refractivity contribution in [1.29, 1.82) is 0 Å². The van der Waals surface area contributed by atoms with Gasteiger partial charge in [-0.3, -0.25) is 0 Å². The third-order valence-electron chi connectivity index (χ3n) is 1.70. The molecule has 0 spiro atoms. The van der Waals surface area contributed by atoms with Crippen LogP contribution in [0.2, 0.25) is 0 Å². The van der Waals surface area contributed by atoms with Crippen LogP contribution in [0, 0.1) is 0 Å². The zero-order chi connectivity index (χ0) is 10.8. The molecule has 0 N–H and O–H groups in total. The fourth-order valence-corrected chi connectivity index (χ4v) is 1.23. The molecule has 78 valence electrons. The van der Waals surface area contributed by atoms with Gasteiger partial charge in [-0.1, -0.05) is 0 Å². The summed E-state index contributed by atoms with van der Waals surface area (Å²) < 4.78 is 36.6. The van der Waals surface area contributed by atoms with E-state index in [9.17, 15) is 13.2 Å². The number of rotatable bonds is 2. The number of aromatic nitrogens is 2. The maximum atomic E-state index is 12.2. The Morgan fingerprint density at radius 1 is 1.43 bits per heavy atom. The van der Waals surface area contributed by atoms with Gasteiger partial charge in [0.05, 0.1) is 5.69 Å². The second-order valence-electron chi connectivity index (χ2n) is 2.68. The van der Waals surface area contributed by atoms with E-state index < -0.39 is 12.0 Å². The van der Waals surface area contributed by atoms with Crippen LogP contribution in [-0.4, -0.2) is 16.2 Å². The zero-order valence-electron chi connectivity index (χ0n) is 7.67. The van der Waals surface area contributed by atoms with Crippen LogP contribution in [0.25, 0.3) is 0 Å². The molecule has 1 atom stereocenters. The van der Waals surface area contributed by atoms with Crippen LogP contribution < -0.4 is 0 Å². The SMILES string of the molecule is CSC(C)c1ccnc(C(F)(F)F)n1. The molecule has 0 bridgehead atoms. The Hall–Kier alpha value is -0.780. The first-order valence-electron chi connectivity index (χ1n) is 3.88. The molecule has 0 aromatic carbocycles. The molecule has 6 heteroatoms. The van der Waals surface area contributed by atoms with Gasteiger partial charge in [0.1, 0.15) is 0 Å². The normalized spacial score (nSPS) is 14.1. The molecule has 0 radical (unpaired) electrons. The van der Waals surface area contributed by atoms with E-state index >= 15 is 0 Å². The van der Waals surface area contributed by atoms with Crippen molar-refractivity contribution in [2.45, 2.75) is 18.3 Å². The first-order chi connectivity index (χ1) is 6.45. The van der Waals surface area contributed by atoms with Crippen molar-refractivity contribution in [1.82, 2.24) is 9.97 Å². The molecule has 1 heterocycles. The summed E-state index contributed by atoms with van der Waals surface area (Å²) >= 11 is 1.44. The largest absolute Gasteiger partial charge is 0.451 e. The fraction of sp³-hybridized carbons (Fsp3) is 0.500. The van der Waals surface area contributed by atoms with Gasteiger partial charge in [0.2, 0.25) is 5.82 Å². The van der Waals surface area contributed by atoms with Crippen LogP contribution in [0.3, 0.4) is 0 Å². The summed E-state index contributed by atoms with van der Waals surface area (Å²) in [6.45, 7) is 1.80. The lowest BCUT2D eigenvalue weighted by molar-refractivity contribution is -0.145. The summed E-state index contributed by atoms with van der Waals surface area (Å²) in [5, 5.41) is -0.0564. The summed E-state index contributed by atoms with van der Waals surface area (Å²) in [5.41, 5.74) is 0.403. The molecule has 1 aromatic heterocycles. The molecule has 0 aliphatic rings. The van der Waals surface area contributed by atoms with E-state index in [2.05, 4.69) is 9.97 Å². The molecule has 0 aliphatic heterocycles. The van der Waals surface area contributed by atoms with E-state index in [1.807, 2.05) is 6.26 Å². The predicted octanol–water partition coefficient (Wildman–Crippen LogP) is 2.92. The highest BCUT2D eigenvalue weighted by Crippen LogP contribution is 2.29. The highest BCUT2D eigenvalue weighted by atomic mass is 32.2. The first-order valence-corrected chi connectivity index (χ1v) is 5.17. The van der Waals surface area contributed by atoms with Crippen molar-refractivity contribution >= 4 is 11.8 Å². The highest BCUT2D eigenvalue weighted by molar-refractivity contribution is 7.98. The van der Waals surface area contributed by atoms with Gasteiger partial charge in [-0.25, -0.2) is 9.97 Å². The number of halogens is 3. The van der Waals surface area contributed by atoms with Crippen molar-refractivity contribution in [2.24, 2.45) is 0 Å². The van der Waals surface area contributed by atoms with Crippen molar-refractivity contribution in [3.8, 4) is 0 Å². The van der Waals surface area contributed by atoms with Gasteiger partial charge in [-0.2, -0.15) is 24.9 Å². The van der Waals surface area contributed by atoms with E-state index in [-0.39, 0.29) is 5.25 Å². The molecule has 1 rings (SSSR count). The van der Waals surface area contributed by atoms with Crippen LogP contribution in [0.4, 0.5) is 13.2 Å². The molecule has 14 heavy (non-hydrogen) atoms. The molecule has 0 aliphatic carbocycles. The van der Waals surface area contributed by atoms with Gasteiger partial charge >= 0.3 is 6.18 Å². The van der Waals surface area contributed by atoms with Crippen molar-refractivity contribution < 1.29 is 13.2 Å². The minimum atomic E-state index is -4.46. The highest BCUT2D eigenvalue weighted by Gasteiger charge is 2.34. The van der Waals surface area contributed by atoms with Crippen LogP contribution in [0.5, 0.6) is 0 Å². The molecular formula is C8H9F3N2S. The molecular weight excluding hydrogens is 213 g/mol. The van der Waals surface area contributed by atoms with E-state index in [1.165, 1.54) is 17.8 Å². The summed E-state index contributed by atoms with van der Waals surface area (Å²) in [7, 11) is 0. The monoisotopic (exact) mass is 222 g/mol. The molecule has 1 unspecified atom stereocenters. The van der Waals surface area contributed by atoms with Crippen molar-refractivity contribution in [3.05, 3.63) is 23.8 Å². The van der Waals surface area contributed by atoms with E-state index in [1.54, 1.807) is 6.92 Å². The lowest BCUT2D eigenvalue weighted by Gasteiger charge is -2.09. The maximum absolute atomic E-state index is 12.2. The van der Waals surface area contributed by atoms with Gasteiger partial charge < -0.3 is 0 Å². The molecule has 2 nitrogen and oxygen atoms in total. The standard InChI is InChI=1S/C8H9F3N2S/c1-5(14-2)6-3-4-12-7(13-6)8(9,10)11/h3-5H,1-2H3.